The van der Waals surface area contributed by atoms with Crippen LogP contribution in [0.25, 0.3) is 0 Å². The lowest BCUT2D eigenvalue weighted by Gasteiger charge is -2.43. The Morgan fingerprint density at radius 2 is 2.31 bits per heavy atom. The number of hydrogen-bond donors (Lipinski definition) is 1. The lowest BCUT2D eigenvalue weighted by Crippen LogP contribution is -2.55. The van der Waals surface area contributed by atoms with Gasteiger partial charge in [-0.15, -0.1) is 0 Å². The first-order chi connectivity index (χ1) is 7.85. The molecule has 1 saturated heterocycles. The van der Waals surface area contributed by atoms with Crippen molar-refractivity contribution in [1.82, 2.24) is 4.90 Å². The highest BCUT2D eigenvalue weighted by Crippen LogP contribution is 2.27. The molecule has 4 heteroatoms. The van der Waals surface area contributed by atoms with Crippen molar-refractivity contribution < 1.29 is 9.47 Å². The van der Waals surface area contributed by atoms with E-state index >= 15 is 0 Å². The van der Waals surface area contributed by atoms with Gasteiger partial charge in [-0.1, -0.05) is 0 Å². The van der Waals surface area contributed by atoms with Gasteiger partial charge in [0.1, 0.15) is 0 Å². The highest BCUT2D eigenvalue weighted by molar-refractivity contribution is 4.87. The molecule has 0 aromatic rings. The van der Waals surface area contributed by atoms with E-state index in [2.05, 4.69) is 4.90 Å². The quantitative estimate of drug-likeness (QED) is 0.768. The van der Waals surface area contributed by atoms with Crippen LogP contribution in [-0.4, -0.2) is 56.5 Å². The van der Waals surface area contributed by atoms with Crippen LogP contribution in [0.15, 0.2) is 0 Å². The summed E-state index contributed by atoms with van der Waals surface area (Å²) in [5.41, 5.74) is 5.81. The maximum absolute atomic E-state index is 5.81. The van der Waals surface area contributed by atoms with Crippen molar-refractivity contribution in [3.63, 3.8) is 0 Å². The number of ether oxygens (including phenoxy) is 2. The first-order valence-corrected chi connectivity index (χ1v) is 6.41. The van der Waals surface area contributed by atoms with Crippen LogP contribution in [0.1, 0.15) is 25.7 Å². The lowest BCUT2D eigenvalue weighted by molar-refractivity contribution is -0.0507. The van der Waals surface area contributed by atoms with E-state index in [4.69, 9.17) is 15.2 Å². The predicted octanol–water partition coefficient (Wildman–Crippen LogP) is 0.604. The Bertz CT molecular complexity index is 213. The first-order valence-electron chi connectivity index (χ1n) is 6.41. The third-order valence-electron chi connectivity index (χ3n) is 3.95. The molecule has 0 radical (unpaired) electrons. The Morgan fingerprint density at radius 3 is 3.06 bits per heavy atom. The monoisotopic (exact) mass is 228 g/mol. The molecule has 2 fully saturated rings. The molecule has 0 amide bonds. The SMILES string of the molecule is COC1CCCC(N2CCOCC2CN)C1. The Morgan fingerprint density at radius 1 is 1.44 bits per heavy atom. The van der Waals surface area contributed by atoms with E-state index in [0.29, 0.717) is 24.7 Å². The van der Waals surface area contributed by atoms with Crippen molar-refractivity contribution >= 4 is 0 Å². The van der Waals surface area contributed by atoms with Gasteiger partial charge in [0.25, 0.3) is 0 Å². The molecule has 2 rings (SSSR count). The molecule has 0 aromatic heterocycles. The Hall–Kier alpha value is -0.160. The summed E-state index contributed by atoms with van der Waals surface area (Å²) < 4.78 is 11.0. The van der Waals surface area contributed by atoms with Gasteiger partial charge in [-0.05, 0) is 25.7 Å². The van der Waals surface area contributed by atoms with Crippen LogP contribution in [0.2, 0.25) is 0 Å². The standard InChI is InChI=1S/C12H24N2O2/c1-15-12-4-2-3-10(7-12)14-5-6-16-9-11(14)8-13/h10-12H,2-9,13H2,1H3. The van der Waals surface area contributed by atoms with Gasteiger partial charge >= 0.3 is 0 Å². The molecule has 1 heterocycles. The van der Waals surface area contributed by atoms with Crippen molar-refractivity contribution in [3.8, 4) is 0 Å². The molecule has 1 aliphatic carbocycles. The molecule has 1 saturated carbocycles. The molecule has 2 N–H and O–H groups in total. The van der Waals surface area contributed by atoms with Crippen molar-refractivity contribution in [2.24, 2.45) is 5.73 Å². The lowest BCUT2D eigenvalue weighted by atomic mass is 9.90. The van der Waals surface area contributed by atoms with Crippen LogP contribution in [-0.2, 0) is 9.47 Å². The van der Waals surface area contributed by atoms with E-state index < -0.39 is 0 Å². The summed E-state index contributed by atoms with van der Waals surface area (Å²) in [7, 11) is 1.83. The first kappa shape index (κ1) is 12.3. The topological polar surface area (TPSA) is 47.7 Å². The Balaban J connectivity index is 1.93. The summed E-state index contributed by atoms with van der Waals surface area (Å²) in [6.45, 7) is 3.38. The smallest absolute Gasteiger partial charge is 0.0634 e. The highest BCUT2D eigenvalue weighted by Gasteiger charge is 2.32. The molecule has 16 heavy (non-hydrogen) atoms. The fourth-order valence-corrected chi connectivity index (χ4v) is 2.99. The minimum absolute atomic E-state index is 0.411. The fraction of sp³-hybridized carbons (Fsp3) is 1.00. The molecule has 1 aliphatic heterocycles. The molecular weight excluding hydrogens is 204 g/mol. The van der Waals surface area contributed by atoms with Crippen LogP contribution in [0.3, 0.4) is 0 Å². The van der Waals surface area contributed by atoms with E-state index in [-0.39, 0.29) is 0 Å². The molecule has 4 nitrogen and oxygen atoms in total. The van der Waals surface area contributed by atoms with Gasteiger partial charge in [0, 0.05) is 32.3 Å². The largest absolute Gasteiger partial charge is 0.381 e. The van der Waals surface area contributed by atoms with Crippen LogP contribution in [0.4, 0.5) is 0 Å². The third-order valence-corrected chi connectivity index (χ3v) is 3.95. The minimum atomic E-state index is 0.411. The van der Waals surface area contributed by atoms with Crippen molar-refractivity contribution in [1.29, 1.82) is 0 Å². The molecular formula is C12H24N2O2. The predicted molar refractivity (Wildman–Crippen MR) is 63.4 cm³/mol. The summed E-state index contributed by atoms with van der Waals surface area (Å²) >= 11 is 0. The summed E-state index contributed by atoms with van der Waals surface area (Å²) in [5, 5.41) is 0. The van der Waals surface area contributed by atoms with Gasteiger partial charge in [0.2, 0.25) is 0 Å². The zero-order valence-corrected chi connectivity index (χ0v) is 10.2. The summed E-state index contributed by atoms with van der Waals surface area (Å²) in [4.78, 5) is 2.55. The normalized spacial score (nSPS) is 37.5. The maximum Gasteiger partial charge on any atom is 0.0634 e. The molecule has 0 spiro atoms. The fourth-order valence-electron chi connectivity index (χ4n) is 2.99. The van der Waals surface area contributed by atoms with E-state index in [1.54, 1.807) is 0 Å². The van der Waals surface area contributed by atoms with Crippen molar-refractivity contribution in [2.45, 2.75) is 43.9 Å². The van der Waals surface area contributed by atoms with Gasteiger partial charge in [0.05, 0.1) is 19.3 Å². The van der Waals surface area contributed by atoms with E-state index in [0.717, 1.165) is 26.2 Å². The summed E-state index contributed by atoms with van der Waals surface area (Å²) in [6.07, 6.45) is 5.38. The second-order valence-corrected chi connectivity index (χ2v) is 4.88. The van der Waals surface area contributed by atoms with Gasteiger partial charge in [0.15, 0.2) is 0 Å². The summed E-state index contributed by atoms with van der Waals surface area (Å²) in [6, 6.07) is 1.06. The van der Waals surface area contributed by atoms with Gasteiger partial charge in [-0.25, -0.2) is 0 Å². The van der Waals surface area contributed by atoms with Crippen LogP contribution < -0.4 is 5.73 Å². The van der Waals surface area contributed by atoms with Crippen LogP contribution in [0.5, 0.6) is 0 Å². The maximum atomic E-state index is 5.81. The Kier molecular flexibility index (Phi) is 4.58. The molecule has 94 valence electrons. The molecule has 0 aromatic carbocycles. The van der Waals surface area contributed by atoms with Gasteiger partial charge < -0.3 is 15.2 Å². The third kappa shape index (κ3) is 2.74. The molecule has 2 aliphatic rings. The average molecular weight is 228 g/mol. The molecule has 3 unspecified atom stereocenters. The zero-order valence-electron chi connectivity index (χ0n) is 10.2. The second kappa shape index (κ2) is 5.96. The van der Waals surface area contributed by atoms with Crippen molar-refractivity contribution in [2.75, 3.05) is 33.4 Å². The van der Waals surface area contributed by atoms with Gasteiger partial charge in [-0.2, -0.15) is 0 Å². The van der Waals surface area contributed by atoms with Gasteiger partial charge in [-0.3, -0.25) is 4.90 Å². The van der Waals surface area contributed by atoms with Crippen LogP contribution >= 0.6 is 0 Å². The minimum Gasteiger partial charge on any atom is -0.381 e. The zero-order chi connectivity index (χ0) is 11.4. The number of nitrogens with zero attached hydrogens (tertiary/aromatic N) is 1. The number of morpholine rings is 1. The van der Waals surface area contributed by atoms with Crippen molar-refractivity contribution in [3.05, 3.63) is 0 Å². The number of hydrogen-bond acceptors (Lipinski definition) is 4. The second-order valence-electron chi connectivity index (χ2n) is 4.88. The molecule has 0 bridgehead atoms. The highest BCUT2D eigenvalue weighted by atomic mass is 16.5. The number of rotatable bonds is 3. The van der Waals surface area contributed by atoms with E-state index in [1.807, 2.05) is 7.11 Å². The van der Waals surface area contributed by atoms with Crippen LogP contribution in [0, 0.1) is 0 Å². The number of methoxy groups -OCH3 is 1. The average Bonchev–Trinajstić information content (AvgIpc) is 2.38. The summed E-state index contributed by atoms with van der Waals surface area (Å²) in [5.74, 6) is 0. The van der Waals surface area contributed by atoms with E-state index in [1.165, 1.54) is 19.3 Å². The Labute approximate surface area is 98.1 Å². The number of nitrogens with two attached hydrogens (primary N) is 1. The van der Waals surface area contributed by atoms with E-state index in [9.17, 15) is 0 Å². The molecule has 3 atom stereocenters.